The second-order valence-electron chi connectivity index (χ2n) is 4.20. The SMILES string of the molecule is CN1CCc2c(Br)cccc2CC1CN. The minimum Gasteiger partial charge on any atom is -0.329 e. The molecule has 0 aliphatic carbocycles. The average Bonchev–Trinajstić information content (AvgIpc) is 2.39. The van der Waals surface area contributed by atoms with Crippen molar-refractivity contribution < 1.29 is 0 Å². The van der Waals surface area contributed by atoms with Crippen LogP contribution in [0, 0.1) is 0 Å². The molecule has 0 saturated heterocycles. The van der Waals surface area contributed by atoms with E-state index in [9.17, 15) is 0 Å². The lowest BCUT2D eigenvalue weighted by molar-refractivity contribution is 0.256. The van der Waals surface area contributed by atoms with Crippen molar-refractivity contribution in [3.63, 3.8) is 0 Å². The standard InChI is InChI=1S/C12H17BrN2/c1-15-6-5-11-9(7-10(15)8-14)3-2-4-12(11)13/h2-4,10H,5-8,14H2,1H3. The smallest absolute Gasteiger partial charge is 0.0255 e. The van der Waals surface area contributed by atoms with Gasteiger partial charge in [0.25, 0.3) is 0 Å². The predicted octanol–water partition coefficient (Wildman–Crippen LogP) is 1.81. The van der Waals surface area contributed by atoms with Gasteiger partial charge in [0.2, 0.25) is 0 Å². The number of hydrogen-bond acceptors (Lipinski definition) is 2. The maximum Gasteiger partial charge on any atom is 0.0255 e. The van der Waals surface area contributed by atoms with Crippen molar-refractivity contribution in [2.45, 2.75) is 18.9 Å². The first kappa shape index (κ1) is 11.1. The Morgan fingerprint density at radius 3 is 3.07 bits per heavy atom. The van der Waals surface area contributed by atoms with Crippen LogP contribution in [0.15, 0.2) is 22.7 Å². The topological polar surface area (TPSA) is 29.3 Å². The van der Waals surface area contributed by atoms with Crippen molar-refractivity contribution in [3.8, 4) is 0 Å². The molecule has 1 unspecified atom stereocenters. The van der Waals surface area contributed by atoms with Crippen molar-refractivity contribution in [3.05, 3.63) is 33.8 Å². The molecule has 0 fully saturated rings. The molecule has 82 valence electrons. The fourth-order valence-corrected chi connectivity index (χ4v) is 2.82. The third-order valence-corrected chi connectivity index (χ3v) is 4.02. The summed E-state index contributed by atoms with van der Waals surface area (Å²) in [4.78, 5) is 2.37. The van der Waals surface area contributed by atoms with E-state index in [1.54, 1.807) is 0 Å². The molecular formula is C12H17BrN2. The van der Waals surface area contributed by atoms with Crippen LogP contribution in [0.4, 0.5) is 0 Å². The van der Waals surface area contributed by atoms with E-state index in [1.807, 2.05) is 0 Å². The molecule has 2 rings (SSSR count). The zero-order valence-corrected chi connectivity index (χ0v) is 10.6. The summed E-state index contributed by atoms with van der Waals surface area (Å²) in [5.74, 6) is 0. The normalized spacial score (nSPS) is 22.2. The minimum absolute atomic E-state index is 0.487. The summed E-state index contributed by atoms with van der Waals surface area (Å²) in [6.45, 7) is 1.83. The van der Waals surface area contributed by atoms with Crippen molar-refractivity contribution in [2.75, 3.05) is 20.1 Å². The van der Waals surface area contributed by atoms with Crippen molar-refractivity contribution in [1.82, 2.24) is 4.90 Å². The summed E-state index contributed by atoms with van der Waals surface area (Å²) in [6.07, 6.45) is 2.19. The lowest BCUT2D eigenvalue weighted by Gasteiger charge is -2.23. The summed E-state index contributed by atoms with van der Waals surface area (Å²) in [7, 11) is 2.16. The summed E-state index contributed by atoms with van der Waals surface area (Å²) >= 11 is 3.63. The molecule has 1 aliphatic rings. The molecule has 0 spiro atoms. The average molecular weight is 269 g/mol. The van der Waals surface area contributed by atoms with Gasteiger partial charge in [-0.2, -0.15) is 0 Å². The fourth-order valence-electron chi connectivity index (χ4n) is 2.22. The van der Waals surface area contributed by atoms with Crippen LogP contribution >= 0.6 is 15.9 Å². The minimum atomic E-state index is 0.487. The molecule has 15 heavy (non-hydrogen) atoms. The molecule has 1 heterocycles. The Kier molecular flexibility index (Phi) is 3.44. The van der Waals surface area contributed by atoms with Gasteiger partial charge in [0.15, 0.2) is 0 Å². The van der Waals surface area contributed by atoms with E-state index in [2.05, 4.69) is 46.1 Å². The molecule has 0 amide bonds. The lowest BCUT2D eigenvalue weighted by Crippen LogP contribution is -2.39. The van der Waals surface area contributed by atoms with E-state index in [1.165, 1.54) is 15.6 Å². The van der Waals surface area contributed by atoms with Crippen molar-refractivity contribution in [2.24, 2.45) is 5.73 Å². The van der Waals surface area contributed by atoms with Crippen LogP contribution in [0.5, 0.6) is 0 Å². The highest BCUT2D eigenvalue weighted by molar-refractivity contribution is 9.10. The first-order valence-corrected chi connectivity index (χ1v) is 6.18. The van der Waals surface area contributed by atoms with E-state index >= 15 is 0 Å². The van der Waals surface area contributed by atoms with E-state index in [-0.39, 0.29) is 0 Å². The molecule has 2 N–H and O–H groups in total. The highest BCUT2D eigenvalue weighted by atomic mass is 79.9. The molecule has 3 heteroatoms. The number of fused-ring (bicyclic) bond motifs is 1. The van der Waals surface area contributed by atoms with Crippen LogP contribution in [0.2, 0.25) is 0 Å². The van der Waals surface area contributed by atoms with E-state index < -0.39 is 0 Å². The quantitative estimate of drug-likeness (QED) is 0.842. The lowest BCUT2D eigenvalue weighted by atomic mass is 10.0. The van der Waals surface area contributed by atoms with Gasteiger partial charge in [0.1, 0.15) is 0 Å². The second kappa shape index (κ2) is 4.64. The van der Waals surface area contributed by atoms with Gasteiger partial charge in [-0.25, -0.2) is 0 Å². The van der Waals surface area contributed by atoms with Gasteiger partial charge in [0, 0.05) is 23.6 Å². The first-order valence-electron chi connectivity index (χ1n) is 5.39. The highest BCUT2D eigenvalue weighted by Crippen LogP contribution is 2.25. The van der Waals surface area contributed by atoms with E-state index in [4.69, 9.17) is 5.73 Å². The summed E-state index contributed by atoms with van der Waals surface area (Å²) in [5, 5.41) is 0. The van der Waals surface area contributed by atoms with Crippen LogP contribution in [0.25, 0.3) is 0 Å². The van der Waals surface area contributed by atoms with E-state index in [0.717, 1.165) is 25.9 Å². The number of benzene rings is 1. The van der Waals surface area contributed by atoms with Gasteiger partial charge >= 0.3 is 0 Å². The number of rotatable bonds is 1. The maximum absolute atomic E-state index is 5.80. The van der Waals surface area contributed by atoms with Crippen LogP contribution < -0.4 is 5.73 Å². The Bertz CT molecular complexity index is 351. The third kappa shape index (κ3) is 2.25. The molecule has 0 bridgehead atoms. The van der Waals surface area contributed by atoms with Crippen LogP contribution in [-0.4, -0.2) is 31.1 Å². The molecule has 1 aromatic carbocycles. The Balaban J connectivity index is 2.34. The zero-order chi connectivity index (χ0) is 10.8. The number of hydrogen-bond donors (Lipinski definition) is 1. The molecule has 1 aliphatic heterocycles. The Morgan fingerprint density at radius 2 is 2.33 bits per heavy atom. The molecule has 1 aromatic rings. The maximum atomic E-state index is 5.80. The van der Waals surface area contributed by atoms with E-state index in [0.29, 0.717) is 6.04 Å². The van der Waals surface area contributed by atoms with Gasteiger partial charge in [-0.15, -0.1) is 0 Å². The first-order chi connectivity index (χ1) is 7.22. The van der Waals surface area contributed by atoms with Crippen LogP contribution in [-0.2, 0) is 12.8 Å². The second-order valence-corrected chi connectivity index (χ2v) is 5.06. The van der Waals surface area contributed by atoms with Gasteiger partial charge in [0.05, 0.1) is 0 Å². The Labute approximate surface area is 99.6 Å². The fraction of sp³-hybridized carbons (Fsp3) is 0.500. The Hall–Kier alpha value is -0.380. The number of halogens is 1. The monoisotopic (exact) mass is 268 g/mol. The highest BCUT2D eigenvalue weighted by Gasteiger charge is 2.20. The third-order valence-electron chi connectivity index (χ3n) is 3.28. The summed E-state index contributed by atoms with van der Waals surface area (Å²) in [5.41, 5.74) is 8.71. The number of likely N-dealkylation sites (N-methyl/N-ethyl adjacent to an activating group) is 1. The van der Waals surface area contributed by atoms with Gasteiger partial charge in [-0.3, -0.25) is 0 Å². The van der Waals surface area contributed by atoms with Gasteiger partial charge < -0.3 is 10.6 Å². The summed E-state index contributed by atoms with van der Waals surface area (Å²) in [6, 6.07) is 6.95. The van der Waals surface area contributed by atoms with Gasteiger partial charge in [-0.05, 0) is 37.1 Å². The molecule has 0 aromatic heterocycles. The van der Waals surface area contributed by atoms with Crippen LogP contribution in [0.3, 0.4) is 0 Å². The summed E-state index contributed by atoms with van der Waals surface area (Å²) < 4.78 is 1.24. The van der Waals surface area contributed by atoms with Crippen molar-refractivity contribution >= 4 is 15.9 Å². The van der Waals surface area contributed by atoms with Crippen LogP contribution in [0.1, 0.15) is 11.1 Å². The largest absolute Gasteiger partial charge is 0.329 e. The molecular weight excluding hydrogens is 252 g/mol. The van der Waals surface area contributed by atoms with Gasteiger partial charge in [-0.1, -0.05) is 28.1 Å². The zero-order valence-electron chi connectivity index (χ0n) is 9.04. The molecule has 0 radical (unpaired) electrons. The predicted molar refractivity (Wildman–Crippen MR) is 67.0 cm³/mol. The number of nitrogens with zero attached hydrogens (tertiary/aromatic N) is 1. The van der Waals surface area contributed by atoms with Crippen molar-refractivity contribution in [1.29, 1.82) is 0 Å². The molecule has 2 nitrogen and oxygen atoms in total. The molecule has 0 saturated carbocycles. The molecule has 1 atom stereocenters. The Morgan fingerprint density at radius 1 is 1.53 bits per heavy atom. The number of nitrogens with two attached hydrogens (primary N) is 1.